The Bertz CT molecular complexity index is 489. The quantitative estimate of drug-likeness (QED) is 0.681. The van der Waals surface area contributed by atoms with Gasteiger partial charge in [0.1, 0.15) is 0 Å². The molecule has 1 aliphatic rings. The topological polar surface area (TPSA) is 20.3 Å². The molecule has 0 spiro atoms. The third-order valence-corrected chi connectivity index (χ3v) is 5.20. The van der Waals surface area contributed by atoms with E-state index in [-0.39, 0.29) is 5.91 Å². The molecule has 1 fully saturated rings. The Hall–Kier alpha value is -0.350. The Balaban J connectivity index is 2.30. The summed E-state index contributed by atoms with van der Waals surface area (Å²) in [6, 6.07) is 6.04. The third kappa shape index (κ3) is 3.22. The smallest absolute Gasteiger partial charge is 0.255 e. The monoisotopic (exact) mass is 387 g/mol. The molecule has 0 aliphatic carbocycles. The molecule has 1 aromatic carbocycles. The van der Waals surface area contributed by atoms with E-state index in [9.17, 15) is 4.79 Å². The second-order valence-corrected chi connectivity index (χ2v) is 7.41. The second kappa shape index (κ2) is 5.96. The minimum atomic E-state index is 0.124. The average molecular weight is 389 g/mol. The van der Waals surface area contributed by atoms with Crippen LogP contribution in [-0.4, -0.2) is 23.4 Å². The van der Waals surface area contributed by atoms with Crippen molar-refractivity contribution < 1.29 is 4.79 Å². The van der Waals surface area contributed by atoms with Crippen LogP contribution in [0.3, 0.4) is 0 Å². The zero-order chi connectivity index (χ0) is 14.2. The maximum Gasteiger partial charge on any atom is 0.255 e. The number of carbonyl (C=O) groups is 1. The summed E-state index contributed by atoms with van der Waals surface area (Å²) in [5, 5.41) is 0. The summed E-state index contributed by atoms with van der Waals surface area (Å²) in [5.41, 5.74) is 0.738. The lowest BCUT2D eigenvalue weighted by atomic mass is 9.85. The number of piperidine rings is 1. The number of hydrogen-bond donors (Lipinski definition) is 0. The summed E-state index contributed by atoms with van der Waals surface area (Å²) in [6.07, 6.45) is 1.20. The van der Waals surface area contributed by atoms with E-state index in [0.29, 0.717) is 17.9 Å². The summed E-state index contributed by atoms with van der Waals surface area (Å²) in [5.74, 6) is 1.25. The van der Waals surface area contributed by atoms with Crippen molar-refractivity contribution in [3.8, 4) is 0 Å². The van der Waals surface area contributed by atoms with Crippen LogP contribution in [-0.2, 0) is 0 Å². The molecular formula is C15H19Br2NO. The Morgan fingerprint density at radius 1 is 1.26 bits per heavy atom. The van der Waals surface area contributed by atoms with Gasteiger partial charge in [0.25, 0.3) is 5.91 Å². The van der Waals surface area contributed by atoms with Crippen molar-refractivity contribution in [1.29, 1.82) is 0 Å². The molecule has 19 heavy (non-hydrogen) atoms. The predicted octanol–water partition coefficient (Wildman–Crippen LogP) is 4.72. The number of amides is 1. The lowest BCUT2D eigenvalue weighted by Gasteiger charge is -2.41. The molecule has 0 radical (unpaired) electrons. The maximum absolute atomic E-state index is 12.7. The number of likely N-dealkylation sites (tertiary alicyclic amines) is 1. The number of halogens is 2. The van der Waals surface area contributed by atoms with Gasteiger partial charge in [0, 0.05) is 21.5 Å². The molecule has 0 bridgehead atoms. The van der Waals surface area contributed by atoms with E-state index in [4.69, 9.17) is 0 Å². The summed E-state index contributed by atoms with van der Waals surface area (Å²) in [6.45, 7) is 7.46. The highest BCUT2D eigenvalue weighted by Gasteiger charge is 2.32. The van der Waals surface area contributed by atoms with Gasteiger partial charge in [-0.3, -0.25) is 4.79 Å². The van der Waals surface area contributed by atoms with Gasteiger partial charge in [-0.15, -0.1) is 0 Å². The van der Waals surface area contributed by atoms with E-state index in [2.05, 4.69) is 52.6 Å². The van der Waals surface area contributed by atoms with Crippen molar-refractivity contribution in [2.45, 2.75) is 33.2 Å². The van der Waals surface area contributed by atoms with Crippen LogP contribution in [0.1, 0.15) is 37.6 Å². The Labute approximate surface area is 131 Å². The van der Waals surface area contributed by atoms with Crippen LogP contribution in [0.25, 0.3) is 0 Å². The van der Waals surface area contributed by atoms with Crippen molar-refractivity contribution in [2.24, 2.45) is 11.8 Å². The molecule has 1 saturated heterocycles. The molecule has 3 unspecified atom stereocenters. The number of nitrogens with zero attached hydrogens (tertiary/aromatic N) is 1. The first-order chi connectivity index (χ1) is 8.90. The summed E-state index contributed by atoms with van der Waals surface area (Å²) >= 11 is 6.92. The van der Waals surface area contributed by atoms with E-state index in [1.165, 1.54) is 6.42 Å². The first-order valence-corrected chi connectivity index (χ1v) is 8.24. The van der Waals surface area contributed by atoms with E-state index < -0.39 is 0 Å². The fraction of sp³-hybridized carbons (Fsp3) is 0.533. The van der Waals surface area contributed by atoms with E-state index in [0.717, 1.165) is 21.1 Å². The van der Waals surface area contributed by atoms with Gasteiger partial charge in [-0.25, -0.2) is 0 Å². The fourth-order valence-corrected chi connectivity index (χ4v) is 3.58. The molecule has 2 rings (SSSR count). The predicted molar refractivity (Wildman–Crippen MR) is 85.3 cm³/mol. The van der Waals surface area contributed by atoms with Crippen LogP contribution in [0.5, 0.6) is 0 Å². The van der Waals surface area contributed by atoms with E-state index in [1.807, 2.05) is 23.1 Å². The van der Waals surface area contributed by atoms with Crippen LogP contribution >= 0.6 is 31.9 Å². The molecule has 1 amide bonds. The normalized spacial score (nSPS) is 27.4. The SMILES string of the molecule is CC1CC(C)C(C)N(C(=O)c2cc(Br)ccc2Br)C1. The van der Waals surface area contributed by atoms with Gasteiger partial charge in [-0.1, -0.05) is 29.8 Å². The molecule has 0 aromatic heterocycles. The van der Waals surface area contributed by atoms with Gasteiger partial charge in [0.05, 0.1) is 5.56 Å². The molecule has 2 nitrogen and oxygen atoms in total. The van der Waals surface area contributed by atoms with Crippen LogP contribution < -0.4 is 0 Å². The van der Waals surface area contributed by atoms with E-state index in [1.54, 1.807) is 0 Å². The third-order valence-electron chi connectivity index (χ3n) is 4.02. The van der Waals surface area contributed by atoms with Crippen LogP contribution in [0, 0.1) is 11.8 Å². The largest absolute Gasteiger partial charge is 0.335 e. The summed E-state index contributed by atoms with van der Waals surface area (Å²) in [4.78, 5) is 14.8. The van der Waals surface area contributed by atoms with Gasteiger partial charge in [0.15, 0.2) is 0 Å². The minimum absolute atomic E-state index is 0.124. The highest BCUT2D eigenvalue weighted by Crippen LogP contribution is 2.30. The zero-order valence-electron chi connectivity index (χ0n) is 11.5. The highest BCUT2D eigenvalue weighted by atomic mass is 79.9. The Morgan fingerprint density at radius 2 is 1.95 bits per heavy atom. The first kappa shape index (κ1) is 15.0. The van der Waals surface area contributed by atoms with Crippen molar-refractivity contribution in [3.05, 3.63) is 32.7 Å². The van der Waals surface area contributed by atoms with Crippen molar-refractivity contribution in [1.82, 2.24) is 4.90 Å². The molecular weight excluding hydrogens is 370 g/mol. The minimum Gasteiger partial charge on any atom is -0.335 e. The molecule has 1 aromatic rings. The summed E-state index contributed by atoms with van der Waals surface area (Å²) < 4.78 is 1.79. The molecule has 0 N–H and O–H groups in total. The second-order valence-electron chi connectivity index (χ2n) is 5.64. The molecule has 104 valence electrons. The van der Waals surface area contributed by atoms with Gasteiger partial charge in [-0.2, -0.15) is 0 Å². The molecule has 1 heterocycles. The van der Waals surface area contributed by atoms with Gasteiger partial charge >= 0.3 is 0 Å². The zero-order valence-corrected chi connectivity index (χ0v) is 14.7. The fourth-order valence-electron chi connectivity index (χ4n) is 2.80. The number of hydrogen-bond acceptors (Lipinski definition) is 1. The number of rotatable bonds is 1. The van der Waals surface area contributed by atoms with Gasteiger partial charge in [0.2, 0.25) is 0 Å². The maximum atomic E-state index is 12.7. The van der Waals surface area contributed by atoms with Crippen molar-refractivity contribution in [2.75, 3.05) is 6.54 Å². The summed E-state index contributed by atoms with van der Waals surface area (Å²) in [7, 11) is 0. The van der Waals surface area contributed by atoms with Gasteiger partial charge < -0.3 is 4.90 Å². The van der Waals surface area contributed by atoms with Crippen molar-refractivity contribution in [3.63, 3.8) is 0 Å². The average Bonchev–Trinajstić information content (AvgIpc) is 2.36. The number of benzene rings is 1. The van der Waals surface area contributed by atoms with Crippen LogP contribution in [0.15, 0.2) is 27.1 Å². The molecule has 0 saturated carbocycles. The van der Waals surface area contributed by atoms with Crippen molar-refractivity contribution >= 4 is 37.8 Å². The Kier molecular flexibility index (Phi) is 4.72. The molecule has 3 atom stereocenters. The number of carbonyl (C=O) groups excluding carboxylic acids is 1. The van der Waals surface area contributed by atoms with Gasteiger partial charge in [-0.05, 0) is 59.3 Å². The standard InChI is InChI=1S/C15H19Br2NO/c1-9-6-10(2)11(3)18(8-9)15(19)13-7-12(16)4-5-14(13)17/h4-5,7,9-11H,6,8H2,1-3H3. The highest BCUT2D eigenvalue weighted by molar-refractivity contribution is 9.11. The lowest BCUT2D eigenvalue weighted by Crippen LogP contribution is -2.48. The lowest BCUT2D eigenvalue weighted by molar-refractivity contribution is 0.0455. The van der Waals surface area contributed by atoms with Crippen LogP contribution in [0.2, 0.25) is 0 Å². The Morgan fingerprint density at radius 3 is 2.63 bits per heavy atom. The first-order valence-electron chi connectivity index (χ1n) is 6.66. The van der Waals surface area contributed by atoms with Crippen LogP contribution in [0.4, 0.5) is 0 Å². The molecule has 4 heteroatoms. The molecule has 1 aliphatic heterocycles. The van der Waals surface area contributed by atoms with E-state index >= 15 is 0 Å².